The number of nitrogens with two attached hydrogens (primary N) is 1. The molecule has 102 valence electrons. The van der Waals surface area contributed by atoms with Crippen LogP contribution >= 0.6 is 0 Å². The molecule has 1 aromatic rings. The molecule has 3 nitrogen and oxygen atoms in total. The molecule has 0 amide bonds. The smallest absolute Gasteiger partial charge is 0.126 e. The first-order valence-electron chi connectivity index (χ1n) is 6.35. The quantitative estimate of drug-likeness (QED) is 0.845. The maximum Gasteiger partial charge on any atom is 0.126 e. The lowest BCUT2D eigenvalue weighted by atomic mass is 9.81. The second-order valence-electron chi connectivity index (χ2n) is 5.50. The van der Waals surface area contributed by atoms with Crippen molar-refractivity contribution in [2.45, 2.75) is 33.6 Å². The minimum atomic E-state index is 0.182. The van der Waals surface area contributed by atoms with Crippen molar-refractivity contribution in [2.75, 3.05) is 20.8 Å². The zero-order chi connectivity index (χ0) is 13.8. The molecular formula is C15H25NO2. The number of hydrogen-bond acceptors (Lipinski definition) is 3. The third-order valence-corrected chi connectivity index (χ3v) is 3.34. The van der Waals surface area contributed by atoms with Crippen LogP contribution in [-0.2, 0) is 6.42 Å². The van der Waals surface area contributed by atoms with E-state index in [2.05, 4.69) is 26.8 Å². The van der Waals surface area contributed by atoms with Gasteiger partial charge in [0, 0.05) is 6.07 Å². The van der Waals surface area contributed by atoms with Gasteiger partial charge in [-0.3, -0.25) is 0 Å². The van der Waals surface area contributed by atoms with Gasteiger partial charge in [-0.25, -0.2) is 0 Å². The summed E-state index contributed by atoms with van der Waals surface area (Å²) in [7, 11) is 3.37. The highest BCUT2D eigenvalue weighted by molar-refractivity contribution is 5.46. The summed E-state index contributed by atoms with van der Waals surface area (Å²) in [6.07, 6.45) is 1.96. The van der Waals surface area contributed by atoms with Gasteiger partial charge in [-0.05, 0) is 48.9 Å². The summed E-state index contributed by atoms with van der Waals surface area (Å²) in [6, 6.07) is 4.00. The first-order chi connectivity index (χ1) is 8.43. The summed E-state index contributed by atoms with van der Waals surface area (Å²) in [5.41, 5.74) is 8.31. The van der Waals surface area contributed by atoms with E-state index in [-0.39, 0.29) is 5.41 Å². The van der Waals surface area contributed by atoms with Gasteiger partial charge >= 0.3 is 0 Å². The standard InChI is InChI=1S/C15H25NO2/c1-11-8-12(17-4)9-14(18-5)13(11)10-15(2,3)6-7-16/h8-9H,6-7,10,16H2,1-5H3. The fraction of sp³-hybridized carbons (Fsp3) is 0.600. The van der Waals surface area contributed by atoms with Crippen molar-refractivity contribution in [3.8, 4) is 11.5 Å². The Morgan fingerprint density at radius 3 is 2.33 bits per heavy atom. The molecule has 2 N–H and O–H groups in total. The molecule has 0 aliphatic carbocycles. The normalized spacial score (nSPS) is 11.4. The highest BCUT2D eigenvalue weighted by Crippen LogP contribution is 2.34. The number of benzene rings is 1. The van der Waals surface area contributed by atoms with Crippen LogP contribution in [0, 0.1) is 12.3 Å². The van der Waals surface area contributed by atoms with E-state index < -0.39 is 0 Å². The number of aryl methyl sites for hydroxylation is 1. The monoisotopic (exact) mass is 251 g/mol. The number of rotatable bonds is 6. The Morgan fingerprint density at radius 2 is 1.83 bits per heavy atom. The van der Waals surface area contributed by atoms with Crippen LogP contribution in [0.25, 0.3) is 0 Å². The number of ether oxygens (including phenoxy) is 2. The molecular weight excluding hydrogens is 226 g/mol. The van der Waals surface area contributed by atoms with Gasteiger partial charge in [0.25, 0.3) is 0 Å². The summed E-state index contributed by atoms with van der Waals surface area (Å²) < 4.78 is 10.8. The second-order valence-corrected chi connectivity index (χ2v) is 5.50. The highest BCUT2D eigenvalue weighted by Gasteiger charge is 2.21. The van der Waals surface area contributed by atoms with Gasteiger partial charge in [0.2, 0.25) is 0 Å². The molecule has 1 rings (SSSR count). The van der Waals surface area contributed by atoms with Crippen molar-refractivity contribution >= 4 is 0 Å². The van der Waals surface area contributed by atoms with Crippen LogP contribution in [0.5, 0.6) is 11.5 Å². The predicted molar refractivity (Wildman–Crippen MR) is 75.4 cm³/mol. The topological polar surface area (TPSA) is 44.5 Å². The Kier molecular flexibility index (Phi) is 5.03. The van der Waals surface area contributed by atoms with E-state index in [1.54, 1.807) is 14.2 Å². The van der Waals surface area contributed by atoms with Crippen LogP contribution in [0.2, 0.25) is 0 Å². The maximum absolute atomic E-state index is 5.67. The average molecular weight is 251 g/mol. The Hall–Kier alpha value is -1.22. The lowest BCUT2D eigenvalue weighted by Gasteiger charge is -2.26. The van der Waals surface area contributed by atoms with E-state index in [0.717, 1.165) is 24.3 Å². The molecule has 0 radical (unpaired) electrons. The van der Waals surface area contributed by atoms with Crippen molar-refractivity contribution in [2.24, 2.45) is 11.1 Å². The summed E-state index contributed by atoms with van der Waals surface area (Å²) in [4.78, 5) is 0. The predicted octanol–water partition coefficient (Wildman–Crippen LogP) is 2.93. The van der Waals surface area contributed by atoms with Gasteiger partial charge in [-0.1, -0.05) is 13.8 Å². The summed E-state index contributed by atoms with van der Waals surface area (Å²) in [5, 5.41) is 0. The minimum absolute atomic E-state index is 0.182. The van der Waals surface area contributed by atoms with Crippen molar-refractivity contribution in [1.29, 1.82) is 0 Å². The van der Waals surface area contributed by atoms with Crippen molar-refractivity contribution in [1.82, 2.24) is 0 Å². The lowest BCUT2D eigenvalue weighted by Crippen LogP contribution is -2.20. The van der Waals surface area contributed by atoms with E-state index in [1.807, 2.05) is 6.07 Å². The molecule has 0 heterocycles. The first-order valence-corrected chi connectivity index (χ1v) is 6.35. The molecule has 0 aliphatic heterocycles. The summed E-state index contributed by atoms with van der Waals surface area (Å²) >= 11 is 0. The lowest BCUT2D eigenvalue weighted by molar-refractivity contribution is 0.327. The van der Waals surface area contributed by atoms with Gasteiger partial charge in [0.15, 0.2) is 0 Å². The largest absolute Gasteiger partial charge is 0.497 e. The van der Waals surface area contributed by atoms with Crippen LogP contribution < -0.4 is 15.2 Å². The van der Waals surface area contributed by atoms with Crippen LogP contribution in [0.3, 0.4) is 0 Å². The fourth-order valence-corrected chi connectivity index (χ4v) is 2.24. The molecule has 0 aliphatic rings. The van der Waals surface area contributed by atoms with Crippen LogP contribution in [0.15, 0.2) is 12.1 Å². The number of hydrogen-bond donors (Lipinski definition) is 1. The molecule has 0 fully saturated rings. The third-order valence-electron chi connectivity index (χ3n) is 3.34. The molecule has 0 atom stereocenters. The molecule has 0 saturated carbocycles. The molecule has 18 heavy (non-hydrogen) atoms. The van der Waals surface area contributed by atoms with E-state index in [9.17, 15) is 0 Å². The van der Waals surface area contributed by atoms with Gasteiger partial charge in [0.1, 0.15) is 11.5 Å². The average Bonchev–Trinajstić information content (AvgIpc) is 2.31. The SMILES string of the molecule is COc1cc(C)c(CC(C)(C)CCN)c(OC)c1. The first kappa shape index (κ1) is 14.8. The van der Waals surface area contributed by atoms with Crippen molar-refractivity contribution in [3.05, 3.63) is 23.3 Å². The number of methoxy groups -OCH3 is 2. The van der Waals surface area contributed by atoms with Gasteiger partial charge in [0.05, 0.1) is 14.2 Å². The van der Waals surface area contributed by atoms with Crippen molar-refractivity contribution < 1.29 is 9.47 Å². The van der Waals surface area contributed by atoms with Crippen LogP contribution in [0.1, 0.15) is 31.4 Å². The summed E-state index contributed by atoms with van der Waals surface area (Å²) in [6.45, 7) is 7.29. The second kappa shape index (κ2) is 6.10. The molecule has 0 spiro atoms. The van der Waals surface area contributed by atoms with Crippen molar-refractivity contribution in [3.63, 3.8) is 0 Å². The Bertz CT molecular complexity index is 400. The van der Waals surface area contributed by atoms with E-state index >= 15 is 0 Å². The molecule has 0 saturated heterocycles. The van der Waals surface area contributed by atoms with Gasteiger partial charge in [-0.15, -0.1) is 0 Å². The molecule has 0 aromatic heterocycles. The van der Waals surface area contributed by atoms with Gasteiger partial charge < -0.3 is 15.2 Å². The minimum Gasteiger partial charge on any atom is -0.497 e. The highest BCUT2D eigenvalue weighted by atomic mass is 16.5. The molecule has 0 unspecified atom stereocenters. The Balaban J connectivity index is 3.08. The summed E-state index contributed by atoms with van der Waals surface area (Å²) in [5.74, 6) is 1.74. The van der Waals surface area contributed by atoms with Crippen LogP contribution in [-0.4, -0.2) is 20.8 Å². The molecule has 3 heteroatoms. The van der Waals surface area contributed by atoms with E-state index in [4.69, 9.17) is 15.2 Å². The van der Waals surface area contributed by atoms with E-state index in [0.29, 0.717) is 6.54 Å². The maximum atomic E-state index is 5.67. The fourth-order valence-electron chi connectivity index (χ4n) is 2.24. The molecule has 1 aromatic carbocycles. The molecule has 0 bridgehead atoms. The Labute approximate surface area is 110 Å². The zero-order valence-corrected chi connectivity index (χ0v) is 12.2. The Morgan fingerprint density at radius 1 is 1.17 bits per heavy atom. The van der Waals surface area contributed by atoms with Crippen LogP contribution in [0.4, 0.5) is 0 Å². The third kappa shape index (κ3) is 3.64. The zero-order valence-electron chi connectivity index (χ0n) is 12.2. The van der Waals surface area contributed by atoms with E-state index in [1.165, 1.54) is 11.1 Å². The van der Waals surface area contributed by atoms with Gasteiger partial charge in [-0.2, -0.15) is 0 Å².